The Morgan fingerprint density at radius 3 is 2.20 bits per heavy atom. The number of rotatable bonds is 5. The molecule has 3 aliphatic rings. The summed E-state index contributed by atoms with van der Waals surface area (Å²) in [5, 5.41) is 10.6. The maximum Gasteiger partial charge on any atom is 0.326 e. The number of hydrogen-bond acceptors (Lipinski definition) is 4. The van der Waals surface area contributed by atoms with Crippen molar-refractivity contribution in [1.29, 1.82) is 0 Å². The first-order valence-electron chi connectivity index (χ1n) is 10.2. The van der Waals surface area contributed by atoms with E-state index in [4.69, 9.17) is 4.84 Å². The number of carbonyl (C=O) groups is 3. The Labute approximate surface area is 173 Å². The van der Waals surface area contributed by atoms with Gasteiger partial charge in [-0.3, -0.25) is 14.4 Å². The van der Waals surface area contributed by atoms with E-state index in [0.29, 0.717) is 32.1 Å². The second kappa shape index (κ2) is 7.25. The molecule has 2 saturated heterocycles. The molecule has 0 aromatic heterocycles. The van der Waals surface area contributed by atoms with Gasteiger partial charge in [-0.25, -0.2) is 9.86 Å². The third-order valence-corrected chi connectivity index (χ3v) is 6.52. The number of carboxylic acids is 1. The Hall–Kier alpha value is -3.19. The van der Waals surface area contributed by atoms with Crippen LogP contribution in [0.3, 0.4) is 0 Å². The van der Waals surface area contributed by atoms with E-state index in [1.54, 1.807) is 0 Å². The van der Waals surface area contributed by atoms with Crippen LogP contribution in [0.5, 0.6) is 0 Å². The molecular formula is C23H22N2O5. The minimum absolute atomic E-state index is 0.0729. The number of aliphatic carboxylic acids is 1. The smallest absolute Gasteiger partial charge is 0.326 e. The van der Waals surface area contributed by atoms with Crippen molar-refractivity contribution in [3.05, 3.63) is 59.7 Å². The van der Waals surface area contributed by atoms with Crippen LogP contribution in [0.1, 0.15) is 42.9 Å². The van der Waals surface area contributed by atoms with Crippen molar-refractivity contribution in [3.63, 3.8) is 0 Å². The molecule has 1 aliphatic carbocycles. The van der Waals surface area contributed by atoms with Crippen LogP contribution in [-0.2, 0) is 19.2 Å². The number of piperidine rings is 1. The summed E-state index contributed by atoms with van der Waals surface area (Å²) in [4.78, 5) is 44.3. The normalized spacial score (nSPS) is 24.9. The van der Waals surface area contributed by atoms with E-state index in [1.807, 2.05) is 48.5 Å². The van der Waals surface area contributed by atoms with E-state index in [1.165, 1.54) is 4.90 Å². The maximum atomic E-state index is 13.2. The lowest BCUT2D eigenvalue weighted by Crippen LogP contribution is -2.57. The molecule has 2 aromatic rings. The van der Waals surface area contributed by atoms with Gasteiger partial charge in [0.05, 0.1) is 0 Å². The van der Waals surface area contributed by atoms with E-state index < -0.39 is 24.2 Å². The molecule has 5 rings (SSSR count). The monoisotopic (exact) mass is 406 g/mol. The molecule has 0 radical (unpaired) electrons. The average molecular weight is 406 g/mol. The van der Waals surface area contributed by atoms with Crippen molar-refractivity contribution in [1.82, 2.24) is 9.96 Å². The average Bonchev–Trinajstić information content (AvgIpc) is 3.33. The number of hydroxylamine groups is 2. The van der Waals surface area contributed by atoms with Gasteiger partial charge in [-0.2, -0.15) is 0 Å². The van der Waals surface area contributed by atoms with Gasteiger partial charge in [-0.1, -0.05) is 48.5 Å². The van der Waals surface area contributed by atoms with Gasteiger partial charge in [-0.05, 0) is 47.9 Å². The molecule has 30 heavy (non-hydrogen) atoms. The van der Waals surface area contributed by atoms with Gasteiger partial charge in [0, 0.05) is 6.04 Å². The molecule has 0 bridgehead atoms. The van der Waals surface area contributed by atoms with Crippen molar-refractivity contribution >= 4 is 18.3 Å². The first-order chi connectivity index (χ1) is 14.6. The third kappa shape index (κ3) is 2.81. The Bertz CT molecular complexity index is 977. The first-order valence-corrected chi connectivity index (χ1v) is 10.2. The van der Waals surface area contributed by atoms with Gasteiger partial charge >= 0.3 is 5.97 Å². The molecule has 7 nitrogen and oxygen atoms in total. The maximum absolute atomic E-state index is 13.2. The topological polar surface area (TPSA) is 87.2 Å². The summed E-state index contributed by atoms with van der Waals surface area (Å²) in [5.41, 5.74) is 3.97. The summed E-state index contributed by atoms with van der Waals surface area (Å²) in [6.45, 7) is 0. The van der Waals surface area contributed by atoms with E-state index in [0.717, 1.165) is 27.3 Å². The van der Waals surface area contributed by atoms with Gasteiger partial charge < -0.3 is 10.0 Å². The Balaban J connectivity index is 1.44. The highest BCUT2D eigenvalue weighted by Crippen LogP contribution is 2.46. The first kappa shape index (κ1) is 18.8. The van der Waals surface area contributed by atoms with E-state index in [2.05, 4.69) is 0 Å². The minimum atomic E-state index is -0.997. The quantitative estimate of drug-likeness (QED) is 0.609. The standard InChI is InChI=1S/C23H22N2O5/c26-13-24(19-11-9-14-10-12-20(23(28)29)25(14)22(19)27)30-21-17-7-3-1-5-15(17)16-6-2-4-8-18(16)21/h1-8,13-14,19-21H,9-12H2,(H,28,29). The molecule has 1 N–H and O–H groups in total. The fourth-order valence-electron chi connectivity index (χ4n) is 5.14. The van der Waals surface area contributed by atoms with Crippen LogP contribution in [0.2, 0.25) is 0 Å². The molecule has 2 heterocycles. The van der Waals surface area contributed by atoms with E-state index in [9.17, 15) is 19.5 Å². The fourth-order valence-corrected chi connectivity index (χ4v) is 5.14. The molecule has 2 fully saturated rings. The van der Waals surface area contributed by atoms with Gasteiger partial charge in [0.25, 0.3) is 0 Å². The lowest BCUT2D eigenvalue weighted by molar-refractivity contribution is -0.212. The van der Waals surface area contributed by atoms with Crippen LogP contribution in [0, 0.1) is 0 Å². The van der Waals surface area contributed by atoms with Crippen LogP contribution in [0.4, 0.5) is 0 Å². The predicted octanol–water partition coefficient (Wildman–Crippen LogP) is 2.75. The highest BCUT2D eigenvalue weighted by atomic mass is 16.7. The molecule has 2 amide bonds. The van der Waals surface area contributed by atoms with E-state index in [-0.39, 0.29) is 11.9 Å². The zero-order valence-electron chi connectivity index (χ0n) is 16.3. The molecule has 2 aromatic carbocycles. The number of nitrogens with zero attached hydrogens (tertiary/aromatic N) is 2. The summed E-state index contributed by atoms with van der Waals surface area (Å²) in [7, 11) is 0. The molecule has 3 unspecified atom stereocenters. The van der Waals surface area contributed by atoms with Crippen molar-refractivity contribution < 1.29 is 24.3 Å². The number of carbonyl (C=O) groups excluding carboxylic acids is 2. The number of hydrogen-bond donors (Lipinski definition) is 1. The van der Waals surface area contributed by atoms with Crippen LogP contribution in [-0.4, -0.2) is 51.5 Å². The lowest BCUT2D eigenvalue weighted by Gasteiger charge is -2.40. The minimum Gasteiger partial charge on any atom is -0.480 e. The summed E-state index contributed by atoms with van der Waals surface area (Å²) in [6.07, 6.45) is 2.29. The molecular weight excluding hydrogens is 384 g/mol. The highest BCUT2D eigenvalue weighted by molar-refractivity contribution is 5.89. The molecule has 3 atom stereocenters. The van der Waals surface area contributed by atoms with Crippen molar-refractivity contribution in [2.45, 2.75) is 49.9 Å². The van der Waals surface area contributed by atoms with Crippen molar-refractivity contribution in [2.75, 3.05) is 0 Å². The predicted molar refractivity (Wildman–Crippen MR) is 107 cm³/mol. The number of fused-ring (bicyclic) bond motifs is 4. The molecule has 0 spiro atoms. The molecule has 154 valence electrons. The largest absolute Gasteiger partial charge is 0.480 e. The van der Waals surface area contributed by atoms with Crippen molar-refractivity contribution in [3.8, 4) is 11.1 Å². The number of amides is 2. The SMILES string of the molecule is O=CN(OC1c2ccccc2-c2ccccc21)C1CCC2CCC(C(=O)O)N2C1=O. The fraction of sp³-hybridized carbons (Fsp3) is 0.348. The third-order valence-electron chi connectivity index (χ3n) is 6.52. The lowest BCUT2D eigenvalue weighted by atomic mass is 9.98. The summed E-state index contributed by atoms with van der Waals surface area (Å²) >= 11 is 0. The Morgan fingerprint density at radius 1 is 1.00 bits per heavy atom. The second-order valence-corrected chi connectivity index (χ2v) is 8.05. The van der Waals surface area contributed by atoms with Gasteiger partial charge in [0.1, 0.15) is 18.2 Å². The van der Waals surface area contributed by atoms with Crippen molar-refractivity contribution in [2.24, 2.45) is 0 Å². The zero-order chi connectivity index (χ0) is 20.8. The number of benzene rings is 2. The van der Waals surface area contributed by atoms with Crippen LogP contribution >= 0.6 is 0 Å². The molecule has 0 saturated carbocycles. The van der Waals surface area contributed by atoms with Crippen LogP contribution in [0.15, 0.2) is 48.5 Å². The Kier molecular flexibility index (Phi) is 4.55. The van der Waals surface area contributed by atoms with Crippen LogP contribution in [0.25, 0.3) is 11.1 Å². The molecule has 2 aliphatic heterocycles. The zero-order valence-corrected chi connectivity index (χ0v) is 16.3. The summed E-state index contributed by atoms with van der Waals surface area (Å²) in [5.74, 6) is -1.34. The van der Waals surface area contributed by atoms with Gasteiger partial charge in [0.15, 0.2) is 0 Å². The Morgan fingerprint density at radius 2 is 1.60 bits per heavy atom. The van der Waals surface area contributed by atoms with Gasteiger partial charge in [0.2, 0.25) is 12.3 Å². The van der Waals surface area contributed by atoms with E-state index >= 15 is 0 Å². The summed E-state index contributed by atoms with van der Waals surface area (Å²) < 4.78 is 0. The van der Waals surface area contributed by atoms with Crippen LogP contribution < -0.4 is 0 Å². The summed E-state index contributed by atoms with van der Waals surface area (Å²) in [6, 6.07) is 14.0. The highest BCUT2D eigenvalue weighted by Gasteiger charge is 2.48. The molecule has 7 heteroatoms. The number of carboxylic acid groups (broad SMARTS) is 1. The second-order valence-electron chi connectivity index (χ2n) is 8.05. The van der Waals surface area contributed by atoms with Gasteiger partial charge in [-0.15, -0.1) is 0 Å².